The van der Waals surface area contributed by atoms with Crippen LogP contribution < -0.4 is 14.9 Å². The highest BCUT2D eigenvalue weighted by Crippen LogP contribution is 2.28. The smallest absolute Gasteiger partial charge is 0.190 e. The number of rotatable bonds is 9. The summed E-state index contributed by atoms with van der Waals surface area (Å²) < 4.78 is 11.4. The number of hydrogen-bond donors (Lipinski definition) is 2. The van der Waals surface area contributed by atoms with Crippen LogP contribution in [0.5, 0.6) is 11.5 Å². The molecule has 0 fully saturated rings. The molecule has 0 unspecified atom stereocenters. The van der Waals surface area contributed by atoms with Crippen molar-refractivity contribution in [2.45, 2.75) is 20.3 Å². The van der Waals surface area contributed by atoms with Crippen molar-refractivity contribution in [3.05, 3.63) is 84.2 Å². The van der Waals surface area contributed by atoms with E-state index in [4.69, 9.17) is 14.5 Å². The predicted molar refractivity (Wildman–Crippen MR) is 137 cm³/mol. The van der Waals surface area contributed by atoms with Gasteiger partial charge in [0.2, 0.25) is 0 Å². The summed E-state index contributed by atoms with van der Waals surface area (Å²) in [7, 11) is 1.63. The van der Waals surface area contributed by atoms with Gasteiger partial charge in [-0.3, -0.25) is 5.43 Å². The first-order valence-electron chi connectivity index (χ1n) is 11.3. The minimum Gasteiger partial charge on any atom is -0.493 e. The molecule has 0 amide bonds. The normalized spacial score (nSPS) is 11.9. The zero-order chi connectivity index (χ0) is 23.8. The summed E-state index contributed by atoms with van der Waals surface area (Å²) in [6, 6.07) is 23.3. The Hall–Kier alpha value is -4.13. The summed E-state index contributed by atoms with van der Waals surface area (Å²) in [6.07, 6.45) is 2.70. The highest BCUT2D eigenvalue weighted by molar-refractivity contribution is 6.00. The van der Waals surface area contributed by atoms with E-state index in [-0.39, 0.29) is 0 Å². The topological polar surface area (TPSA) is 83.9 Å². The van der Waals surface area contributed by atoms with Crippen LogP contribution in [0.3, 0.4) is 0 Å². The first-order chi connectivity index (χ1) is 16.6. The summed E-state index contributed by atoms with van der Waals surface area (Å²) in [5.41, 5.74) is 6.50. The van der Waals surface area contributed by atoms with Gasteiger partial charge < -0.3 is 14.5 Å². The number of para-hydroxylation sites is 3. The van der Waals surface area contributed by atoms with E-state index in [0.717, 1.165) is 34.5 Å². The Morgan fingerprint density at radius 3 is 2.59 bits per heavy atom. The molecule has 0 radical (unpaired) electrons. The second kappa shape index (κ2) is 11.1. The second-order valence-corrected chi connectivity index (χ2v) is 8.21. The standard InChI is InChI=1S/C27H29N5O2/c1-19(2)15-16-34-24-14-13-20(17-25(24)33-3)18-28-32-27(29-21-9-5-4-6-10-21)26-30-22-11-7-8-12-23(22)31-26/h4-14,17-19H,15-16H2,1-3H3,(H,29,32)(H,30,31). The van der Waals surface area contributed by atoms with E-state index >= 15 is 0 Å². The molecule has 174 valence electrons. The number of aromatic nitrogens is 2. The molecule has 0 aliphatic carbocycles. The lowest BCUT2D eigenvalue weighted by atomic mass is 10.1. The number of ether oxygens (including phenoxy) is 2. The van der Waals surface area contributed by atoms with Crippen LogP contribution in [0.4, 0.5) is 5.69 Å². The van der Waals surface area contributed by atoms with Crippen LogP contribution >= 0.6 is 0 Å². The highest BCUT2D eigenvalue weighted by atomic mass is 16.5. The van der Waals surface area contributed by atoms with Gasteiger partial charge in [0.1, 0.15) is 0 Å². The monoisotopic (exact) mass is 455 g/mol. The van der Waals surface area contributed by atoms with E-state index < -0.39 is 0 Å². The summed E-state index contributed by atoms with van der Waals surface area (Å²) in [4.78, 5) is 12.7. The number of methoxy groups -OCH3 is 1. The van der Waals surface area contributed by atoms with Gasteiger partial charge >= 0.3 is 0 Å². The number of H-pyrrole nitrogens is 1. The van der Waals surface area contributed by atoms with Crippen LogP contribution in [0.15, 0.2) is 82.9 Å². The Balaban J connectivity index is 1.54. The van der Waals surface area contributed by atoms with Crippen LogP contribution in [0.2, 0.25) is 0 Å². The molecular formula is C27H29N5O2. The van der Waals surface area contributed by atoms with E-state index in [1.54, 1.807) is 13.3 Å². The molecular weight excluding hydrogens is 426 g/mol. The van der Waals surface area contributed by atoms with Crippen molar-refractivity contribution in [2.75, 3.05) is 13.7 Å². The summed E-state index contributed by atoms with van der Waals surface area (Å²) in [5, 5.41) is 4.41. The van der Waals surface area contributed by atoms with Crippen molar-refractivity contribution in [1.82, 2.24) is 15.4 Å². The number of fused-ring (bicyclic) bond motifs is 1. The minimum absolute atomic E-state index is 0.513. The summed E-state index contributed by atoms with van der Waals surface area (Å²) in [5.74, 6) is 3.10. The van der Waals surface area contributed by atoms with Gasteiger partial charge in [-0.1, -0.05) is 44.2 Å². The fourth-order valence-electron chi connectivity index (χ4n) is 3.28. The van der Waals surface area contributed by atoms with Gasteiger partial charge in [-0.15, -0.1) is 0 Å². The van der Waals surface area contributed by atoms with Gasteiger partial charge in [0.25, 0.3) is 0 Å². The van der Waals surface area contributed by atoms with Crippen molar-refractivity contribution in [2.24, 2.45) is 16.0 Å². The largest absolute Gasteiger partial charge is 0.493 e. The maximum absolute atomic E-state index is 5.87. The highest BCUT2D eigenvalue weighted by Gasteiger charge is 2.10. The quantitative estimate of drug-likeness (QED) is 0.193. The van der Waals surface area contributed by atoms with Crippen molar-refractivity contribution >= 4 is 28.8 Å². The maximum atomic E-state index is 5.87. The minimum atomic E-state index is 0.513. The molecule has 4 aromatic rings. The Morgan fingerprint density at radius 1 is 1.03 bits per heavy atom. The third-order valence-electron chi connectivity index (χ3n) is 5.14. The Bertz CT molecular complexity index is 1250. The van der Waals surface area contributed by atoms with Crippen LogP contribution in [-0.2, 0) is 0 Å². The molecule has 0 saturated heterocycles. The molecule has 0 aliphatic heterocycles. The lowest BCUT2D eigenvalue weighted by Gasteiger charge is -2.12. The first kappa shape index (κ1) is 23.0. The molecule has 0 bridgehead atoms. The predicted octanol–water partition coefficient (Wildman–Crippen LogP) is 5.70. The molecule has 7 heteroatoms. The number of benzene rings is 3. The molecule has 0 spiro atoms. The van der Waals surface area contributed by atoms with E-state index in [1.807, 2.05) is 72.8 Å². The molecule has 0 saturated carbocycles. The van der Waals surface area contributed by atoms with Gasteiger partial charge in [-0.05, 0) is 60.4 Å². The van der Waals surface area contributed by atoms with E-state index in [1.165, 1.54) is 0 Å². The van der Waals surface area contributed by atoms with Gasteiger partial charge in [0.15, 0.2) is 23.2 Å². The summed E-state index contributed by atoms with van der Waals surface area (Å²) in [6.45, 7) is 5.00. The number of hydrogen-bond acceptors (Lipinski definition) is 5. The molecule has 0 aliphatic rings. The third-order valence-corrected chi connectivity index (χ3v) is 5.14. The zero-order valence-electron chi connectivity index (χ0n) is 19.7. The average molecular weight is 456 g/mol. The average Bonchev–Trinajstić information content (AvgIpc) is 3.29. The fourth-order valence-corrected chi connectivity index (χ4v) is 3.28. The lowest BCUT2D eigenvalue weighted by molar-refractivity contribution is 0.273. The molecule has 34 heavy (non-hydrogen) atoms. The van der Waals surface area contributed by atoms with E-state index in [0.29, 0.717) is 29.9 Å². The molecule has 4 rings (SSSR count). The summed E-state index contributed by atoms with van der Waals surface area (Å²) >= 11 is 0. The van der Waals surface area contributed by atoms with Crippen LogP contribution in [0.25, 0.3) is 11.0 Å². The van der Waals surface area contributed by atoms with Crippen LogP contribution in [-0.4, -0.2) is 35.7 Å². The second-order valence-electron chi connectivity index (χ2n) is 8.21. The van der Waals surface area contributed by atoms with Crippen LogP contribution in [0, 0.1) is 5.92 Å². The molecule has 0 atom stereocenters. The van der Waals surface area contributed by atoms with Gasteiger partial charge in [0, 0.05) is 0 Å². The lowest BCUT2D eigenvalue weighted by Crippen LogP contribution is -2.20. The van der Waals surface area contributed by atoms with Crippen molar-refractivity contribution in [3.8, 4) is 11.5 Å². The van der Waals surface area contributed by atoms with Crippen molar-refractivity contribution in [3.63, 3.8) is 0 Å². The van der Waals surface area contributed by atoms with Crippen molar-refractivity contribution < 1.29 is 9.47 Å². The number of amidine groups is 1. The Morgan fingerprint density at radius 2 is 1.82 bits per heavy atom. The maximum Gasteiger partial charge on any atom is 0.190 e. The number of aliphatic imine (C=N–C) groups is 1. The first-order valence-corrected chi connectivity index (χ1v) is 11.3. The number of imidazole rings is 1. The molecule has 7 nitrogen and oxygen atoms in total. The fraction of sp³-hybridized carbons (Fsp3) is 0.222. The number of aromatic amines is 1. The van der Waals surface area contributed by atoms with E-state index in [2.05, 4.69) is 34.3 Å². The zero-order valence-corrected chi connectivity index (χ0v) is 19.7. The van der Waals surface area contributed by atoms with Crippen molar-refractivity contribution in [1.29, 1.82) is 0 Å². The molecule has 1 heterocycles. The van der Waals surface area contributed by atoms with E-state index in [9.17, 15) is 0 Å². The molecule has 1 aromatic heterocycles. The number of hydrazone groups is 1. The van der Waals surface area contributed by atoms with Crippen LogP contribution in [0.1, 0.15) is 31.7 Å². The van der Waals surface area contributed by atoms with Gasteiger partial charge in [-0.2, -0.15) is 5.10 Å². The SMILES string of the molecule is COc1cc(C=NNC(=Nc2ccccc2)c2nc3ccccc3[nH]2)ccc1OCCC(C)C. The van der Waals surface area contributed by atoms with Gasteiger partial charge in [-0.25, -0.2) is 9.98 Å². The Kier molecular flexibility index (Phi) is 7.55. The Labute approximate surface area is 199 Å². The number of nitrogens with zero attached hydrogens (tertiary/aromatic N) is 3. The third kappa shape index (κ3) is 6.01. The van der Waals surface area contributed by atoms with Gasteiger partial charge in [0.05, 0.1) is 36.7 Å². The molecule has 2 N–H and O–H groups in total. The number of nitrogens with one attached hydrogen (secondary N) is 2. The molecule has 3 aromatic carbocycles.